The van der Waals surface area contributed by atoms with Crippen LogP contribution in [0.25, 0.3) is 0 Å². The molecule has 0 aromatic heterocycles. The van der Waals surface area contributed by atoms with Crippen molar-refractivity contribution in [3.63, 3.8) is 0 Å². The fourth-order valence-electron chi connectivity index (χ4n) is 6.75. The first-order chi connectivity index (χ1) is 12.5. The zero-order valence-electron chi connectivity index (χ0n) is 22.3. The number of aliphatic hydroxyl groups is 1. The Morgan fingerprint density at radius 3 is 1.31 bits per heavy atom. The van der Waals surface area contributed by atoms with Gasteiger partial charge in [0, 0.05) is 22.8 Å². The van der Waals surface area contributed by atoms with Crippen LogP contribution in [0.3, 0.4) is 0 Å². The molecule has 168 valence electrons. The first kappa shape index (κ1) is 27.1. The lowest BCUT2D eigenvalue weighted by Gasteiger charge is -2.60. The summed E-state index contributed by atoms with van der Waals surface area (Å²) in [7, 11) is -4.72. The minimum absolute atomic E-state index is 0.0238. The van der Waals surface area contributed by atoms with E-state index in [0.717, 1.165) is 0 Å². The van der Waals surface area contributed by atoms with Gasteiger partial charge in [0.25, 0.3) is 0 Å². The average Bonchev–Trinajstić information content (AvgIpc) is 2.40. The van der Waals surface area contributed by atoms with Crippen molar-refractivity contribution in [2.24, 2.45) is 0 Å². The van der Waals surface area contributed by atoms with E-state index in [-0.39, 0.29) is 16.6 Å². The highest BCUT2D eigenvalue weighted by Gasteiger charge is 2.65. The Labute approximate surface area is 186 Å². The maximum absolute atomic E-state index is 12.4. The van der Waals surface area contributed by atoms with E-state index in [2.05, 4.69) is 119 Å². The number of benzene rings is 1. The van der Waals surface area contributed by atoms with E-state index in [1.807, 2.05) is 0 Å². The van der Waals surface area contributed by atoms with Gasteiger partial charge >= 0.3 is 0 Å². The molecule has 1 aromatic carbocycles. The van der Waals surface area contributed by atoms with Gasteiger partial charge < -0.3 is 5.11 Å². The molecule has 1 aromatic rings. The summed E-state index contributed by atoms with van der Waals surface area (Å²) in [4.78, 5) is 0. The molecule has 1 atom stereocenters. The third-order valence-corrected chi connectivity index (χ3v) is 79.5. The summed E-state index contributed by atoms with van der Waals surface area (Å²) in [5.74, 6) is 0. The Kier molecular flexibility index (Phi) is 7.35. The van der Waals surface area contributed by atoms with E-state index in [4.69, 9.17) is 0 Å². The standard InChI is InChI=1S/C24H50OSi4/c1-23(2,3)19-16-17-20(21(18-19)24(4,5)6)22(25)29(26(7,8)9,27(10,11)12)28(13,14)15/h16-18,22,25H,1-15H3. The topological polar surface area (TPSA) is 20.2 Å². The smallest absolute Gasteiger partial charge is 0.0758 e. The van der Waals surface area contributed by atoms with Crippen LogP contribution < -0.4 is 0 Å². The van der Waals surface area contributed by atoms with E-state index in [1.165, 1.54) is 16.7 Å². The summed E-state index contributed by atoms with van der Waals surface area (Å²) in [5.41, 5.74) is 3.90. The molecule has 0 heterocycles. The second-order valence-electron chi connectivity index (χ2n) is 14.3. The third-order valence-electron chi connectivity index (χ3n) is 6.98. The monoisotopic (exact) mass is 466 g/mol. The quantitative estimate of drug-likeness (QED) is 0.444. The molecule has 5 heteroatoms. The lowest BCUT2D eigenvalue weighted by molar-refractivity contribution is 0.253. The van der Waals surface area contributed by atoms with Crippen molar-refractivity contribution in [2.75, 3.05) is 0 Å². The Hall–Kier alpha value is 0.0475. The van der Waals surface area contributed by atoms with Crippen LogP contribution in [0.2, 0.25) is 58.9 Å². The van der Waals surface area contributed by atoms with Crippen molar-refractivity contribution in [2.45, 2.75) is 117 Å². The fraction of sp³-hybridized carbons (Fsp3) is 0.750. The number of rotatable bonds is 5. The lowest BCUT2D eigenvalue weighted by Crippen LogP contribution is -2.85. The largest absolute Gasteiger partial charge is 0.393 e. The van der Waals surface area contributed by atoms with Crippen LogP contribution in [0.5, 0.6) is 0 Å². The average molecular weight is 467 g/mol. The van der Waals surface area contributed by atoms with Gasteiger partial charge in [0.15, 0.2) is 0 Å². The second kappa shape index (κ2) is 7.87. The van der Waals surface area contributed by atoms with Crippen LogP contribution in [0.15, 0.2) is 18.2 Å². The van der Waals surface area contributed by atoms with E-state index < -0.39 is 29.4 Å². The SMILES string of the molecule is CC(C)(C)c1ccc(C(O)[Si]([Si](C)(C)C)([Si](C)(C)C)[Si](C)(C)C)c(C(C)(C)C)c1. The Morgan fingerprint density at radius 1 is 0.655 bits per heavy atom. The first-order valence-corrected chi connectivity index (χ1v) is 26.9. The molecule has 0 bridgehead atoms. The van der Waals surface area contributed by atoms with Crippen molar-refractivity contribution < 1.29 is 5.11 Å². The predicted molar refractivity (Wildman–Crippen MR) is 145 cm³/mol. The van der Waals surface area contributed by atoms with Crippen LogP contribution in [0, 0.1) is 0 Å². The van der Waals surface area contributed by atoms with E-state index >= 15 is 0 Å². The molecule has 0 aliphatic rings. The Morgan fingerprint density at radius 2 is 1.03 bits per heavy atom. The maximum Gasteiger partial charge on any atom is 0.0758 e. The molecule has 29 heavy (non-hydrogen) atoms. The van der Waals surface area contributed by atoms with Crippen LogP contribution in [0.1, 0.15) is 64.0 Å². The van der Waals surface area contributed by atoms with Gasteiger partial charge in [0.1, 0.15) is 0 Å². The molecular formula is C24H50OSi4. The van der Waals surface area contributed by atoms with Crippen molar-refractivity contribution >= 4 is 29.4 Å². The maximum atomic E-state index is 12.4. The summed E-state index contributed by atoms with van der Waals surface area (Å²) in [6.45, 7) is 35.0. The molecule has 0 fully saturated rings. The van der Waals surface area contributed by atoms with Crippen molar-refractivity contribution in [1.82, 2.24) is 0 Å². The number of hydrogen-bond acceptors (Lipinski definition) is 1. The molecular weight excluding hydrogens is 417 g/mol. The summed E-state index contributed by atoms with van der Waals surface area (Å²) >= 11 is 0. The third kappa shape index (κ3) is 4.94. The fourth-order valence-corrected chi connectivity index (χ4v) is 106. The molecule has 1 nitrogen and oxygen atoms in total. The molecule has 1 unspecified atom stereocenters. The Balaban J connectivity index is 4.01. The Bertz CT molecular complexity index is 684. The minimum atomic E-state index is -1.95. The molecule has 0 aliphatic heterocycles. The van der Waals surface area contributed by atoms with Crippen LogP contribution in [0.4, 0.5) is 0 Å². The normalized spacial score (nSPS) is 16.1. The zero-order valence-corrected chi connectivity index (χ0v) is 26.3. The molecule has 0 radical (unpaired) electrons. The summed E-state index contributed by atoms with van der Waals surface area (Å²) in [6, 6.07) is 7.02. The highest BCUT2D eigenvalue weighted by Crippen LogP contribution is 2.47. The number of aliphatic hydroxyl groups excluding tert-OH is 1. The second-order valence-corrected chi connectivity index (χ2v) is 55.0. The van der Waals surface area contributed by atoms with Gasteiger partial charge in [0.2, 0.25) is 0 Å². The first-order valence-electron chi connectivity index (χ1n) is 11.3. The summed E-state index contributed by atoms with van der Waals surface area (Å²) < 4.78 is 0. The number of hydrogen-bond donors (Lipinski definition) is 1. The molecule has 1 N–H and O–H groups in total. The predicted octanol–water partition coefficient (Wildman–Crippen LogP) is 7.55. The highest BCUT2D eigenvalue weighted by atomic mass is 29.9. The van der Waals surface area contributed by atoms with Gasteiger partial charge in [0.05, 0.1) is 12.4 Å². The van der Waals surface area contributed by atoms with E-state index in [9.17, 15) is 5.11 Å². The van der Waals surface area contributed by atoms with Gasteiger partial charge in [-0.1, -0.05) is 119 Å². The van der Waals surface area contributed by atoms with Gasteiger partial charge in [-0.05, 0) is 27.5 Å². The zero-order chi connectivity index (χ0) is 23.4. The van der Waals surface area contributed by atoms with Gasteiger partial charge in [-0.3, -0.25) is 0 Å². The molecule has 0 spiro atoms. The van der Waals surface area contributed by atoms with Crippen LogP contribution in [-0.4, -0.2) is 34.5 Å². The summed E-state index contributed by atoms with van der Waals surface area (Å²) in [6.07, 6.45) is 0. The molecule has 1 rings (SSSR count). The van der Waals surface area contributed by atoms with Crippen LogP contribution in [-0.2, 0) is 10.8 Å². The van der Waals surface area contributed by atoms with E-state index in [0.29, 0.717) is 0 Å². The summed E-state index contributed by atoms with van der Waals surface area (Å²) in [5, 5.41) is 12.4. The van der Waals surface area contributed by atoms with Gasteiger partial charge in [-0.25, -0.2) is 0 Å². The van der Waals surface area contributed by atoms with Crippen molar-refractivity contribution in [3.05, 3.63) is 34.9 Å². The van der Waals surface area contributed by atoms with Crippen LogP contribution >= 0.6 is 0 Å². The molecule has 0 saturated heterocycles. The van der Waals surface area contributed by atoms with E-state index in [1.54, 1.807) is 0 Å². The van der Waals surface area contributed by atoms with Gasteiger partial charge in [-0.15, -0.1) is 0 Å². The molecule has 0 saturated carbocycles. The molecule has 0 aliphatic carbocycles. The minimum Gasteiger partial charge on any atom is -0.393 e. The van der Waals surface area contributed by atoms with Gasteiger partial charge in [-0.2, -0.15) is 0 Å². The lowest BCUT2D eigenvalue weighted by atomic mass is 9.78. The van der Waals surface area contributed by atoms with Crippen molar-refractivity contribution in [3.8, 4) is 0 Å². The van der Waals surface area contributed by atoms with Crippen molar-refractivity contribution in [1.29, 1.82) is 0 Å². The molecule has 0 amide bonds. The highest BCUT2D eigenvalue weighted by molar-refractivity contribution is 7.89.